The zero-order chi connectivity index (χ0) is 17.9. The van der Waals surface area contributed by atoms with Crippen molar-refractivity contribution in [1.82, 2.24) is 20.1 Å². The van der Waals surface area contributed by atoms with Gasteiger partial charge in [-0.25, -0.2) is 9.67 Å². The van der Waals surface area contributed by atoms with E-state index < -0.39 is 0 Å². The molecule has 3 aromatic rings. The molecular weight excluding hydrogens is 346 g/mol. The summed E-state index contributed by atoms with van der Waals surface area (Å²) in [5.74, 6) is -0.166. The van der Waals surface area contributed by atoms with Crippen LogP contribution in [0.25, 0.3) is 11.0 Å². The number of anilines is 1. The summed E-state index contributed by atoms with van der Waals surface area (Å²) >= 11 is 1.63. The SMILES string of the molecule is Cn1nc(C(=O)NCc2cccs2)c2cc(NC3CCCCC3)cnc21. The first-order valence-corrected chi connectivity index (χ1v) is 9.98. The van der Waals surface area contributed by atoms with Crippen molar-refractivity contribution in [2.24, 2.45) is 7.05 Å². The molecule has 0 aromatic carbocycles. The molecule has 0 atom stereocenters. The maximum atomic E-state index is 12.6. The number of thiophene rings is 1. The summed E-state index contributed by atoms with van der Waals surface area (Å²) in [6, 6.07) is 6.49. The molecular formula is C19H23N5OS. The van der Waals surface area contributed by atoms with E-state index in [4.69, 9.17) is 0 Å². The Morgan fingerprint density at radius 1 is 1.35 bits per heavy atom. The fourth-order valence-electron chi connectivity index (χ4n) is 3.53. The summed E-state index contributed by atoms with van der Waals surface area (Å²) in [4.78, 5) is 18.3. The molecule has 0 saturated heterocycles. The predicted octanol–water partition coefficient (Wildman–Crippen LogP) is 3.70. The molecule has 1 fully saturated rings. The van der Waals surface area contributed by atoms with Crippen LogP contribution in [0.4, 0.5) is 5.69 Å². The molecule has 3 heterocycles. The van der Waals surface area contributed by atoms with Gasteiger partial charge in [0.15, 0.2) is 11.3 Å². The highest BCUT2D eigenvalue weighted by atomic mass is 32.1. The van der Waals surface area contributed by atoms with Crippen LogP contribution in [0.5, 0.6) is 0 Å². The summed E-state index contributed by atoms with van der Waals surface area (Å²) in [5.41, 5.74) is 2.11. The van der Waals surface area contributed by atoms with Crippen LogP contribution in [0.15, 0.2) is 29.8 Å². The van der Waals surface area contributed by atoms with Crippen LogP contribution in [0.2, 0.25) is 0 Å². The molecule has 3 aromatic heterocycles. The van der Waals surface area contributed by atoms with Gasteiger partial charge in [-0.3, -0.25) is 4.79 Å². The number of hydrogen-bond donors (Lipinski definition) is 2. The molecule has 4 rings (SSSR count). The first-order valence-electron chi connectivity index (χ1n) is 9.10. The van der Waals surface area contributed by atoms with Crippen molar-refractivity contribution < 1.29 is 4.79 Å². The number of rotatable bonds is 5. The van der Waals surface area contributed by atoms with Crippen LogP contribution in [0.3, 0.4) is 0 Å². The number of amides is 1. The fourth-order valence-corrected chi connectivity index (χ4v) is 4.18. The number of pyridine rings is 1. The second-order valence-corrected chi connectivity index (χ2v) is 7.84. The Kier molecular flexibility index (Phi) is 4.88. The van der Waals surface area contributed by atoms with Crippen molar-refractivity contribution in [3.8, 4) is 0 Å². The van der Waals surface area contributed by atoms with Gasteiger partial charge < -0.3 is 10.6 Å². The minimum absolute atomic E-state index is 0.166. The molecule has 7 heteroatoms. The Balaban J connectivity index is 1.55. The third kappa shape index (κ3) is 3.58. The van der Waals surface area contributed by atoms with E-state index in [1.165, 1.54) is 32.1 Å². The van der Waals surface area contributed by atoms with E-state index in [1.54, 1.807) is 16.0 Å². The third-order valence-electron chi connectivity index (χ3n) is 4.87. The van der Waals surface area contributed by atoms with Gasteiger partial charge in [-0.05, 0) is 30.4 Å². The molecule has 2 N–H and O–H groups in total. The fraction of sp³-hybridized carbons (Fsp3) is 0.421. The predicted molar refractivity (Wildman–Crippen MR) is 104 cm³/mol. The number of aromatic nitrogens is 3. The van der Waals surface area contributed by atoms with Gasteiger partial charge in [-0.1, -0.05) is 25.3 Å². The molecule has 26 heavy (non-hydrogen) atoms. The van der Waals surface area contributed by atoms with Crippen LogP contribution in [-0.4, -0.2) is 26.7 Å². The van der Waals surface area contributed by atoms with Crippen molar-refractivity contribution in [2.45, 2.75) is 44.7 Å². The molecule has 1 saturated carbocycles. The second kappa shape index (κ2) is 7.45. The number of hydrogen-bond acceptors (Lipinski definition) is 5. The van der Waals surface area contributed by atoms with Gasteiger partial charge >= 0.3 is 0 Å². The van der Waals surface area contributed by atoms with Gasteiger partial charge in [0.05, 0.1) is 23.8 Å². The molecule has 0 unspecified atom stereocenters. The second-order valence-electron chi connectivity index (χ2n) is 6.81. The normalized spacial score (nSPS) is 15.3. The lowest BCUT2D eigenvalue weighted by atomic mass is 9.95. The number of fused-ring (bicyclic) bond motifs is 1. The van der Waals surface area contributed by atoms with Crippen LogP contribution >= 0.6 is 11.3 Å². The van der Waals surface area contributed by atoms with E-state index in [9.17, 15) is 4.79 Å². The van der Waals surface area contributed by atoms with Gasteiger partial charge in [0.25, 0.3) is 5.91 Å². The van der Waals surface area contributed by atoms with Gasteiger partial charge in [0, 0.05) is 18.0 Å². The Morgan fingerprint density at radius 3 is 2.96 bits per heavy atom. The average molecular weight is 369 g/mol. The molecule has 136 valence electrons. The van der Waals surface area contributed by atoms with Gasteiger partial charge in [-0.2, -0.15) is 5.10 Å². The zero-order valence-corrected chi connectivity index (χ0v) is 15.7. The average Bonchev–Trinajstić information content (AvgIpc) is 3.29. The molecule has 0 radical (unpaired) electrons. The zero-order valence-electron chi connectivity index (χ0n) is 14.9. The Morgan fingerprint density at radius 2 is 2.19 bits per heavy atom. The number of carbonyl (C=O) groups excluding carboxylic acids is 1. The highest BCUT2D eigenvalue weighted by molar-refractivity contribution is 7.09. The topological polar surface area (TPSA) is 71.8 Å². The minimum atomic E-state index is -0.166. The molecule has 6 nitrogen and oxygen atoms in total. The van der Waals surface area contributed by atoms with Crippen molar-refractivity contribution in [3.63, 3.8) is 0 Å². The largest absolute Gasteiger partial charge is 0.381 e. The maximum absolute atomic E-state index is 12.6. The van der Waals surface area contributed by atoms with Crippen molar-refractivity contribution in [2.75, 3.05) is 5.32 Å². The lowest BCUT2D eigenvalue weighted by molar-refractivity contribution is 0.0947. The number of nitrogens with one attached hydrogen (secondary N) is 2. The van der Waals surface area contributed by atoms with E-state index in [0.717, 1.165) is 21.6 Å². The molecule has 1 aliphatic carbocycles. The summed E-state index contributed by atoms with van der Waals surface area (Å²) in [5, 5.41) is 13.7. The Hall–Kier alpha value is -2.41. The van der Waals surface area contributed by atoms with Crippen molar-refractivity contribution in [1.29, 1.82) is 0 Å². The summed E-state index contributed by atoms with van der Waals surface area (Å²) in [6.07, 6.45) is 8.10. The number of aryl methyl sites for hydroxylation is 1. The summed E-state index contributed by atoms with van der Waals surface area (Å²) < 4.78 is 1.67. The van der Waals surface area contributed by atoms with Gasteiger partial charge in [0.2, 0.25) is 0 Å². The molecule has 1 aliphatic rings. The first-order chi connectivity index (χ1) is 12.7. The van der Waals surface area contributed by atoms with E-state index in [-0.39, 0.29) is 5.91 Å². The maximum Gasteiger partial charge on any atom is 0.272 e. The van der Waals surface area contributed by atoms with Crippen LogP contribution in [-0.2, 0) is 13.6 Å². The molecule has 1 amide bonds. The Bertz CT molecular complexity index is 896. The summed E-state index contributed by atoms with van der Waals surface area (Å²) in [7, 11) is 1.82. The molecule has 0 spiro atoms. The molecule has 0 aliphatic heterocycles. The van der Waals surface area contributed by atoms with Gasteiger partial charge in [0.1, 0.15) is 0 Å². The molecule has 0 bridgehead atoms. The highest BCUT2D eigenvalue weighted by Gasteiger charge is 2.19. The lowest BCUT2D eigenvalue weighted by Gasteiger charge is -2.23. The van der Waals surface area contributed by atoms with Crippen LogP contribution in [0.1, 0.15) is 47.5 Å². The number of nitrogens with zero attached hydrogens (tertiary/aromatic N) is 3. The van der Waals surface area contributed by atoms with E-state index >= 15 is 0 Å². The minimum Gasteiger partial charge on any atom is -0.381 e. The third-order valence-corrected chi connectivity index (χ3v) is 5.75. The quantitative estimate of drug-likeness (QED) is 0.719. The monoisotopic (exact) mass is 369 g/mol. The van der Waals surface area contributed by atoms with Crippen molar-refractivity contribution >= 4 is 34.0 Å². The van der Waals surface area contributed by atoms with E-state index in [1.807, 2.05) is 36.8 Å². The van der Waals surface area contributed by atoms with Crippen LogP contribution in [0, 0.1) is 0 Å². The first kappa shape index (κ1) is 17.0. The lowest BCUT2D eigenvalue weighted by Crippen LogP contribution is -2.23. The van der Waals surface area contributed by atoms with E-state index in [0.29, 0.717) is 18.3 Å². The van der Waals surface area contributed by atoms with E-state index in [2.05, 4.69) is 20.7 Å². The smallest absolute Gasteiger partial charge is 0.272 e. The highest BCUT2D eigenvalue weighted by Crippen LogP contribution is 2.24. The van der Waals surface area contributed by atoms with Gasteiger partial charge in [-0.15, -0.1) is 11.3 Å². The summed E-state index contributed by atoms with van der Waals surface area (Å²) in [6.45, 7) is 0.516. The van der Waals surface area contributed by atoms with Crippen molar-refractivity contribution in [3.05, 3.63) is 40.3 Å². The van der Waals surface area contributed by atoms with Crippen LogP contribution < -0.4 is 10.6 Å². The Labute approximate surface area is 156 Å². The number of carbonyl (C=O) groups is 1. The standard InChI is InChI=1S/C19H23N5OS/c1-24-18-16(10-14(11-20-18)22-13-6-3-2-4-7-13)17(23-24)19(25)21-12-15-8-5-9-26-15/h5,8-11,13,22H,2-4,6-7,12H2,1H3,(H,21,25).